The lowest BCUT2D eigenvalue weighted by Gasteiger charge is -2.16. The Labute approximate surface area is 121 Å². The molecule has 18 heavy (non-hydrogen) atoms. The number of hydrogen-bond donors (Lipinski definition) is 1. The molecule has 1 unspecified atom stereocenters. The predicted octanol–water partition coefficient (Wildman–Crippen LogP) is 4.98. The second kappa shape index (κ2) is 5.72. The van der Waals surface area contributed by atoms with E-state index >= 15 is 0 Å². The van der Waals surface area contributed by atoms with E-state index in [0.717, 1.165) is 26.4 Å². The minimum absolute atomic E-state index is 0.126. The van der Waals surface area contributed by atoms with E-state index in [0.29, 0.717) is 0 Å². The first kappa shape index (κ1) is 13.4. The summed E-state index contributed by atoms with van der Waals surface area (Å²) in [6.45, 7) is 4.06. The van der Waals surface area contributed by atoms with Gasteiger partial charge in [-0.2, -0.15) is 0 Å². The van der Waals surface area contributed by atoms with Crippen LogP contribution >= 0.6 is 27.5 Å². The first-order valence-corrected chi connectivity index (χ1v) is 6.88. The molecule has 1 aromatic heterocycles. The second-order valence-electron chi connectivity index (χ2n) is 4.20. The molecule has 1 aromatic carbocycles. The van der Waals surface area contributed by atoms with Gasteiger partial charge in [-0.05, 0) is 59.6 Å². The minimum atomic E-state index is 0.126. The molecule has 0 aliphatic heterocycles. The van der Waals surface area contributed by atoms with E-state index in [1.54, 1.807) is 6.20 Å². The fraction of sp³-hybridized carbons (Fsp3) is 0.214. The Balaban J connectivity index is 2.22. The number of benzene rings is 1. The molecule has 0 radical (unpaired) electrons. The second-order valence-corrected chi connectivity index (χ2v) is 5.46. The Morgan fingerprint density at radius 3 is 2.78 bits per heavy atom. The van der Waals surface area contributed by atoms with Gasteiger partial charge in [0.1, 0.15) is 0 Å². The molecule has 0 aliphatic rings. The van der Waals surface area contributed by atoms with Gasteiger partial charge >= 0.3 is 0 Å². The Morgan fingerprint density at radius 1 is 1.33 bits per heavy atom. The van der Waals surface area contributed by atoms with E-state index in [1.165, 1.54) is 0 Å². The summed E-state index contributed by atoms with van der Waals surface area (Å²) < 4.78 is 1.01. The van der Waals surface area contributed by atoms with Gasteiger partial charge in [0.05, 0.1) is 17.4 Å². The van der Waals surface area contributed by atoms with Gasteiger partial charge in [-0.1, -0.05) is 17.7 Å². The van der Waals surface area contributed by atoms with E-state index in [9.17, 15) is 0 Å². The van der Waals surface area contributed by atoms with Crippen molar-refractivity contribution in [3.05, 3.63) is 57.3 Å². The zero-order valence-corrected chi connectivity index (χ0v) is 12.6. The zero-order chi connectivity index (χ0) is 13.1. The summed E-state index contributed by atoms with van der Waals surface area (Å²) in [4.78, 5) is 4.33. The van der Waals surface area contributed by atoms with Crippen LogP contribution in [0, 0.1) is 6.92 Å². The molecular weight excluding hydrogens is 312 g/mol. The third-order valence-corrected chi connectivity index (χ3v) is 3.82. The van der Waals surface area contributed by atoms with Crippen molar-refractivity contribution in [1.82, 2.24) is 4.98 Å². The number of nitrogens with one attached hydrogen (secondary N) is 1. The molecule has 2 aromatic rings. The molecule has 0 spiro atoms. The molecular formula is C14H14BrClN2. The SMILES string of the molecule is Cc1cc(Br)c(NC(C)c2ccccn2)cc1Cl. The summed E-state index contributed by atoms with van der Waals surface area (Å²) in [5, 5.41) is 4.16. The van der Waals surface area contributed by atoms with Crippen LogP contribution in [-0.4, -0.2) is 4.98 Å². The van der Waals surface area contributed by atoms with Gasteiger partial charge in [0, 0.05) is 15.7 Å². The Morgan fingerprint density at radius 2 is 2.11 bits per heavy atom. The van der Waals surface area contributed by atoms with Crippen molar-refractivity contribution in [2.75, 3.05) is 5.32 Å². The van der Waals surface area contributed by atoms with Crippen LogP contribution in [-0.2, 0) is 0 Å². The summed E-state index contributed by atoms with van der Waals surface area (Å²) in [7, 11) is 0. The van der Waals surface area contributed by atoms with E-state index in [4.69, 9.17) is 11.6 Å². The lowest BCUT2D eigenvalue weighted by Crippen LogP contribution is -2.08. The average Bonchev–Trinajstić information content (AvgIpc) is 2.37. The molecule has 0 saturated carbocycles. The van der Waals surface area contributed by atoms with Crippen molar-refractivity contribution < 1.29 is 0 Å². The number of aryl methyl sites for hydroxylation is 1. The van der Waals surface area contributed by atoms with Crippen LogP contribution in [0.4, 0.5) is 5.69 Å². The highest BCUT2D eigenvalue weighted by atomic mass is 79.9. The maximum atomic E-state index is 6.14. The molecule has 2 rings (SSSR count). The smallest absolute Gasteiger partial charge is 0.0657 e. The number of halogens is 2. The number of pyridine rings is 1. The van der Waals surface area contributed by atoms with Crippen LogP contribution in [0.25, 0.3) is 0 Å². The molecule has 0 bridgehead atoms. The van der Waals surface area contributed by atoms with Gasteiger partial charge in [-0.3, -0.25) is 4.98 Å². The highest BCUT2D eigenvalue weighted by Crippen LogP contribution is 2.31. The van der Waals surface area contributed by atoms with Crippen molar-refractivity contribution in [3.63, 3.8) is 0 Å². The van der Waals surface area contributed by atoms with Crippen LogP contribution in [0.15, 0.2) is 41.0 Å². The molecule has 0 saturated heterocycles. The average molecular weight is 326 g/mol. The third-order valence-electron chi connectivity index (χ3n) is 2.75. The third kappa shape index (κ3) is 3.03. The quantitative estimate of drug-likeness (QED) is 0.861. The van der Waals surface area contributed by atoms with Gasteiger partial charge in [0.2, 0.25) is 0 Å². The summed E-state index contributed by atoms with van der Waals surface area (Å²) in [5.41, 5.74) is 3.03. The topological polar surface area (TPSA) is 24.9 Å². The van der Waals surface area contributed by atoms with E-state index in [1.807, 2.05) is 37.3 Å². The van der Waals surface area contributed by atoms with Crippen molar-refractivity contribution in [2.45, 2.75) is 19.9 Å². The number of rotatable bonds is 3. The van der Waals surface area contributed by atoms with Crippen LogP contribution in [0.2, 0.25) is 5.02 Å². The summed E-state index contributed by atoms with van der Waals surface area (Å²) in [5.74, 6) is 0. The van der Waals surface area contributed by atoms with Gasteiger partial charge in [-0.25, -0.2) is 0 Å². The lowest BCUT2D eigenvalue weighted by molar-refractivity contribution is 0.838. The van der Waals surface area contributed by atoms with Gasteiger partial charge in [0.25, 0.3) is 0 Å². The molecule has 94 valence electrons. The number of nitrogens with zero attached hydrogens (tertiary/aromatic N) is 1. The molecule has 1 atom stereocenters. The zero-order valence-electron chi connectivity index (χ0n) is 10.2. The van der Waals surface area contributed by atoms with Crippen molar-refractivity contribution in [1.29, 1.82) is 0 Å². The first-order chi connectivity index (χ1) is 8.58. The normalized spacial score (nSPS) is 12.2. The molecule has 4 heteroatoms. The maximum Gasteiger partial charge on any atom is 0.0657 e. The Bertz CT molecular complexity index is 543. The van der Waals surface area contributed by atoms with Crippen LogP contribution in [0.1, 0.15) is 24.2 Å². The lowest BCUT2D eigenvalue weighted by atomic mass is 10.2. The molecule has 0 fully saturated rings. The highest BCUT2D eigenvalue weighted by molar-refractivity contribution is 9.10. The molecule has 0 amide bonds. The molecule has 1 heterocycles. The fourth-order valence-electron chi connectivity index (χ4n) is 1.70. The maximum absolute atomic E-state index is 6.14. The Hall–Kier alpha value is -1.06. The first-order valence-electron chi connectivity index (χ1n) is 5.71. The number of hydrogen-bond acceptors (Lipinski definition) is 2. The summed E-state index contributed by atoms with van der Waals surface area (Å²) in [6, 6.07) is 9.96. The fourth-order valence-corrected chi connectivity index (χ4v) is 2.43. The van der Waals surface area contributed by atoms with Crippen LogP contribution in [0.3, 0.4) is 0 Å². The van der Waals surface area contributed by atoms with Crippen LogP contribution in [0.5, 0.6) is 0 Å². The summed E-state index contributed by atoms with van der Waals surface area (Å²) >= 11 is 9.68. The standard InChI is InChI=1S/C14H14BrClN2/c1-9-7-11(15)14(8-12(9)16)18-10(2)13-5-3-4-6-17-13/h3-8,10,18H,1-2H3. The van der Waals surface area contributed by atoms with Crippen molar-refractivity contribution >= 4 is 33.2 Å². The van der Waals surface area contributed by atoms with E-state index in [2.05, 4.69) is 33.2 Å². The number of anilines is 1. The van der Waals surface area contributed by atoms with Gasteiger partial charge in [0.15, 0.2) is 0 Å². The van der Waals surface area contributed by atoms with Crippen molar-refractivity contribution in [3.8, 4) is 0 Å². The predicted molar refractivity (Wildman–Crippen MR) is 80.2 cm³/mol. The van der Waals surface area contributed by atoms with E-state index in [-0.39, 0.29) is 6.04 Å². The monoisotopic (exact) mass is 324 g/mol. The van der Waals surface area contributed by atoms with Crippen LogP contribution < -0.4 is 5.32 Å². The van der Waals surface area contributed by atoms with E-state index < -0.39 is 0 Å². The molecule has 2 nitrogen and oxygen atoms in total. The Kier molecular flexibility index (Phi) is 4.25. The summed E-state index contributed by atoms with van der Waals surface area (Å²) in [6.07, 6.45) is 1.80. The highest BCUT2D eigenvalue weighted by Gasteiger charge is 2.09. The largest absolute Gasteiger partial charge is 0.376 e. The minimum Gasteiger partial charge on any atom is -0.376 e. The molecule has 1 N–H and O–H groups in total. The number of aromatic nitrogens is 1. The van der Waals surface area contributed by atoms with Crippen molar-refractivity contribution in [2.24, 2.45) is 0 Å². The van der Waals surface area contributed by atoms with Gasteiger partial charge < -0.3 is 5.32 Å². The molecule has 0 aliphatic carbocycles. The van der Waals surface area contributed by atoms with Gasteiger partial charge in [-0.15, -0.1) is 0 Å².